The summed E-state index contributed by atoms with van der Waals surface area (Å²) >= 11 is 0. The summed E-state index contributed by atoms with van der Waals surface area (Å²) in [7, 11) is 1.69. The summed E-state index contributed by atoms with van der Waals surface area (Å²) in [4.78, 5) is 4.41. The number of nitrogens with zero attached hydrogens (tertiary/aromatic N) is 2. The van der Waals surface area contributed by atoms with Crippen LogP contribution in [0.3, 0.4) is 0 Å². The highest BCUT2D eigenvalue weighted by Gasteiger charge is 2.09. The Morgan fingerprint density at radius 1 is 1.50 bits per heavy atom. The van der Waals surface area contributed by atoms with Gasteiger partial charge >= 0.3 is 0 Å². The topological polar surface area (TPSA) is 39.1 Å². The van der Waals surface area contributed by atoms with Gasteiger partial charge in [-0.2, -0.15) is 0 Å². The lowest BCUT2D eigenvalue weighted by atomic mass is 10.2. The zero-order valence-corrected chi connectivity index (χ0v) is 9.95. The predicted octanol–water partition coefficient (Wildman–Crippen LogP) is 2.38. The lowest BCUT2D eigenvalue weighted by Gasteiger charge is -2.06. The Balaban J connectivity index is 2.59. The van der Waals surface area contributed by atoms with E-state index >= 15 is 0 Å². The van der Waals surface area contributed by atoms with Crippen LogP contribution >= 0.6 is 0 Å². The molecule has 0 fully saturated rings. The Hall–Kier alpha value is -1.55. The summed E-state index contributed by atoms with van der Waals surface area (Å²) in [5.74, 6) is 0. The number of hydrogen-bond donors (Lipinski definition) is 1. The van der Waals surface area contributed by atoms with Gasteiger partial charge in [0.25, 0.3) is 0 Å². The first-order chi connectivity index (χ1) is 7.77. The zero-order chi connectivity index (χ0) is 11.5. The number of anilines is 1. The van der Waals surface area contributed by atoms with Crippen LogP contribution in [0, 0.1) is 6.92 Å². The first-order valence-electron chi connectivity index (χ1n) is 5.45. The van der Waals surface area contributed by atoms with Crippen LogP contribution in [0.25, 0.3) is 11.0 Å². The van der Waals surface area contributed by atoms with Gasteiger partial charge in [0.15, 0.2) is 0 Å². The van der Waals surface area contributed by atoms with Crippen molar-refractivity contribution >= 4 is 16.7 Å². The molecular formula is C12H17N3O. The molecule has 0 atom stereocenters. The quantitative estimate of drug-likeness (QED) is 0.858. The molecule has 4 heteroatoms. The maximum Gasteiger partial charge on any atom is 0.144 e. The van der Waals surface area contributed by atoms with E-state index in [2.05, 4.69) is 30.3 Å². The van der Waals surface area contributed by atoms with Gasteiger partial charge in [0.1, 0.15) is 12.4 Å². The molecule has 2 aromatic rings. The molecule has 2 heterocycles. The molecule has 0 unspecified atom stereocenters. The Morgan fingerprint density at radius 3 is 3.00 bits per heavy atom. The van der Waals surface area contributed by atoms with Gasteiger partial charge in [-0.15, -0.1) is 0 Å². The number of methoxy groups -OCH3 is 1. The molecule has 0 amide bonds. The minimum Gasteiger partial charge on any atom is -0.385 e. The number of hydrogen-bond acceptors (Lipinski definition) is 3. The van der Waals surface area contributed by atoms with Crippen LogP contribution in [0.1, 0.15) is 12.5 Å². The van der Waals surface area contributed by atoms with Crippen molar-refractivity contribution in [3.8, 4) is 0 Å². The highest BCUT2D eigenvalue weighted by atomic mass is 16.5. The molecule has 4 nitrogen and oxygen atoms in total. The van der Waals surface area contributed by atoms with Gasteiger partial charge in [-0.25, -0.2) is 4.98 Å². The van der Waals surface area contributed by atoms with E-state index in [1.54, 1.807) is 7.11 Å². The van der Waals surface area contributed by atoms with Crippen molar-refractivity contribution in [2.45, 2.75) is 20.6 Å². The second kappa shape index (κ2) is 4.53. The van der Waals surface area contributed by atoms with E-state index in [0.29, 0.717) is 6.73 Å². The van der Waals surface area contributed by atoms with Crippen LogP contribution in [-0.4, -0.2) is 23.2 Å². The molecule has 2 aromatic heterocycles. The summed E-state index contributed by atoms with van der Waals surface area (Å²) < 4.78 is 7.17. The van der Waals surface area contributed by atoms with Crippen LogP contribution in [0.4, 0.5) is 5.69 Å². The van der Waals surface area contributed by atoms with Gasteiger partial charge < -0.3 is 14.6 Å². The van der Waals surface area contributed by atoms with Crippen molar-refractivity contribution in [3.05, 3.63) is 24.0 Å². The second-order valence-corrected chi connectivity index (χ2v) is 3.79. The average molecular weight is 219 g/mol. The third-order valence-electron chi connectivity index (χ3n) is 2.58. The summed E-state index contributed by atoms with van der Waals surface area (Å²) in [5.41, 5.74) is 3.33. The number of ether oxygens (including phenoxy) is 1. The number of rotatable bonds is 4. The van der Waals surface area contributed by atoms with Crippen molar-refractivity contribution in [1.29, 1.82) is 0 Å². The van der Waals surface area contributed by atoms with Crippen LogP contribution in [0.2, 0.25) is 0 Å². The Labute approximate surface area is 95.2 Å². The van der Waals surface area contributed by atoms with Gasteiger partial charge in [0, 0.05) is 37.1 Å². The number of aryl methyl sites for hydroxylation is 1. The van der Waals surface area contributed by atoms with E-state index in [0.717, 1.165) is 17.9 Å². The first-order valence-corrected chi connectivity index (χ1v) is 5.45. The molecule has 0 aliphatic heterocycles. The number of aromatic nitrogens is 2. The predicted molar refractivity (Wildman–Crippen MR) is 65.6 cm³/mol. The lowest BCUT2D eigenvalue weighted by molar-refractivity contribution is 0.134. The maximum atomic E-state index is 5.15. The molecule has 2 rings (SSSR count). The minimum atomic E-state index is 0.535. The highest BCUT2D eigenvalue weighted by Crippen LogP contribution is 2.26. The van der Waals surface area contributed by atoms with Crippen molar-refractivity contribution in [2.24, 2.45) is 0 Å². The smallest absolute Gasteiger partial charge is 0.144 e. The van der Waals surface area contributed by atoms with Crippen LogP contribution in [0.5, 0.6) is 0 Å². The Bertz CT molecular complexity index is 490. The molecule has 0 spiro atoms. The van der Waals surface area contributed by atoms with E-state index in [9.17, 15) is 0 Å². The second-order valence-electron chi connectivity index (χ2n) is 3.79. The SMILES string of the molecule is CCNc1ccnc2c1c(C)cn2COC. The Kier molecular flexibility index (Phi) is 3.10. The van der Waals surface area contributed by atoms with Gasteiger partial charge in [-0.3, -0.25) is 0 Å². The van der Waals surface area contributed by atoms with Crippen molar-refractivity contribution in [1.82, 2.24) is 9.55 Å². The van der Waals surface area contributed by atoms with Gasteiger partial charge in [0.05, 0.1) is 0 Å². The summed E-state index contributed by atoms with van der Waals surface area (Å²) in [6.07, 6.45) is 3.90. The normalized spacial score (nSPS) is 10.9. The molecule has 1 N–H and O–H groups in total. The summed E-state index contributed by atoms with van der Waals surface area (Å²) in [6.45, 7) is 5.63. The molecule has 0 aliphatic rings. The van der Waals surface area contributed by atoms with Gasteiger partial charge in [-0.1, -0.05) is 0 Å². The van der Waals surface area contributed by atoms with Crippen molar-refractivity contribution in [2.75, 3.05) is 19.0 Å². The fraction of sp³-hybridized carbons (Fsp3) is 0.417. The third kappa shape index (κ3) is 1.76. The van der Waals surface area contributed by atoms with E-state index < -0.39 is 0 Å². The van der Waals surface area contributed by atoms with Gasteiger partial charge in [-0.05, 0) is 25.5 Å². The molecule has 0 saturated carbocycles. The van der Waals surface area contributed by atoms with E-state index in [4.69, 9.17) is 4.74 Å². The minimum absolute atomic E-state index is 0.535. The number of fused-ring (bicyclic) bond motifs is 1. The molecule has 0 aliphatic carbocycles. The van der Waals surface area contributed by atoms with E-state index in [1.807, 2.05) is 16.8 Å². The fourth-order valence-electron chi connectivity index (χ4n) is 1.99. The molecule has 86 valence electrons. The average Bonchev–Trinajstić information content (AvgIpc) is 2.58. The first kappa shape index (κ1) is 11.0. The van der Waals surface area contributed by atoms with Crippen molar-refractivity contribution in [3.63, 3.8) is 0 Å². The third-order valence-corrected chi connectivity index (χ3v) is 2.58. The maximum absolute atomic E-state index is 5.15. The summed E-state index contributed by atoms with van der Waals surface area (Å²) in [6, 6.07) is 2.01. The molecule has 0 radical (unpaired) electrons. The molecule has 0 aromatic carbocycles. The number of pyridine rings is 1. The van der Waals surface area contributed by atoms with Crippen LogP contribution in [0.15, 0.2) is 18.5 Å². The summed E-state index contributed by atoms with van der Waals surface area (Å²) in [5, 5.41) is 4.53. The van der Waals surface area contributed by atoms with Gasteiger partial charge in [0.2, 0.25) is 0 Å². The molecule has 16 heavy (non-hydrogen) atoms. The van der Waals surface area contributed by atoms with Crippen molar-refractivity contribution < 1.29 is 4.74 Å². The largest absolute Gasteiger partial charge is 0.385 e. The molecule has 0 saturated heterocycles. The number of nitrogens with one attached hydrogen (secondary N) is 1. The molecule has 0 bridgehead atoms. The molecular weight excluding hydrogens is 202 g/mol. The Morgan fingerprint density at radius 2 is 2.31 bits per heavy atom. The zero-order valence-electron chi connectivity index (χ0n) is 9.95. The van der Waals surface area contributed by atoms with E-state index in [-0.39, 0.29) is 0 Å². The fourth-order valence-corrected chi connectivity index (χ4v) is 1.99. The van der Waals surface area contributed by atoms with E-state index in [1.165, 1.54) is 10.9 Å². The highest BCUT2D eigenvalue weighted by molar-refractivity contribution is 5.92. The van der Waals surface area contributed by atoms with Crippen LogP contribution in [-0.2, 0) is 11.5 Å². The monoisotopic (exact) mass is 219 g/mol. The van der Waals surface area contributed by atoms with Crippen LogP contribution < -0.4 is 5.32 Å². The lowest BCUT2D eigenvalue weighted by Crippen LogP contribution is -2.00. The standard InChI is InChI=1S/C12H17N3O/c1-4-13-10-5-6-14-12-11(10)9(2)7-15(12)8-16-3/h5-7H,4,8H2,1-3H3,(H,13,14).